The lowest BCUT2D eigenvalue weighted by Gasteiger charge is -2.36. The minimum Gasteiger partial charge on any atom is -0.393 e. The first kappa shape index (κ1) is 11.8. The number of nitrogens with zero attached hydrogens (tertiary/aromatic N) is 1. The van der Waals surface area contributed by atoms with E-state index in [1.165, 1.54) is 0 Å². The zero-order valence-electron chi connectivity index (χ0n) is 9.69. The number of rotatable bonds is 1. The zero-order valence-corrected chi connectivity index (χ0v) is 9.69. The summed E-state index contributed by atoms with van der Waals surface area (Å²) in [6.07, 6.45) is 1.85. The van der Waals surface area contributed by atoms with E-state index in [1.54, 1.807) is 11.8 Å². The number of carbonyl (C=O) groups excluding carboxylic acids is 1. The van der Waals surface area contributed by atoms with Crippen molar-refractivity contribution in [3.63, 3.8) is 0 Å². The lowest BCUT2D eigenvalue weighted by Crippen LogP contribution is -2.47. The molecule has 2 rings (SSSR count). The fourth-order valence-electron chi connectivity index (χ4n) is 2.61. The van der Waals surface area contributed by atoms with Crippen molar-refractivity contribution in [1.29, 1.82) is 0 Å². The van der Waals surface area contributed by atoms with Crippen LogP contribution in [0.25, 0.3) is 0 Å². The van der Waals surface area contributed by atoms with Gasteiger partial charge in [-0.15, -0.1) is 0 Å². The Balaban J connectivity index is 1.98. The molecule has 0 aromatic carbocycles. The highest BCUT2D eigenvalue weighted by Gasteiger charge is 2.44. The maximum Gasteiger partial charge on any atom is 0.239 e. The van der Waals surface area contributed by atoms with Crippen LogP contribution in [0.4, 0.5) is 0 Å². The van der Waals surface area contributed by atoms with E-state index >= 15 is 0 Å². The third kappa shape index (κ3) is 2.21. The van der Waals surface area contributed by atoms with Gasteiger partial charge in [-0.2, -0.15) is 0 Å². The molecule has 0 saturated carbocycles. The van der Waals surface area contributed by atoms with E-state index in [0.29, 0.717) is 32.5 Å². The molecule has 1 amide bonds. The van der Waals surface area contributed by atoms with Crippen LogP contribution in [0.2, 0.25) is 0 Å². The van der Waals surface area contributed by atoms with Crippen LogP contribution in [-0.4, -0.2) is 53.4 Å². The molecule has 5 heteroatoms. The van der Waals surface area contributed by atoms with Gasteiger partial charge in [0.25, 0.3) is 0 Å². The summed E-state index contributed by atoms with van der Waals surface area (Å²) in [5, 5.41) is 9.66. The van der Waals surface area contributed by atoms with Crippen LogP contribution in [0.5, 0.6) is 0 Å². The van der Waals surface area contributed by atoms with Gasteiger partial charge in [-0.05, 0) is 19.8 Å². The van der Waals surface area contributed by atoms with E-state index < -0.39 is 6.04 Å². The van der Waals surface area contributed by atoms with Crippen LogP contribution in [0.15, 0.2) is 0 Å². The summed E-state index contributed by atoms with van der Waals surface area (Å²) in [5.74, 6) is -0.0273. The topological polar surface area (TPSA) is 75.8 Å². The van der Waals surface area contributed by atoms with Gasteiger partial charge in [0.15, 0.2) is 0 Å². The first-order chi connectivity index (χ1) is 7.52. The molecule has 0 bridgehead atoms. The summed E-state index contributed by atoms with van der Waals surface area (Å²) in [6.45, 7) is 3.54. The Bertz CT molecular complexity index is 282. The van der Waals surface area contributed by atoms with E-state index in [1.807, 2.05) is 0 Å². The number of carbonyl (C=O) groups is 1. The Hall–Kier alpha value is -0.650. The molecule has 3 atom stereocenters. The molecule has 16 heavy (non-hydrogen) atoms. The van der Waals surface area contributed by atoms with E-state index in [0.717, 1.165) is 6.42 Å². The Morgan fingerprint density at radius 2 is 2.44 bits per heavy atom. The van der Waals surface area contributed by atoms with Gasteiger partial charge >= 0.3 is 0 Å². The van der Waals surface area contributed by atoms with Crippen molar-refractivity contribution in [3.05, 3.63) is 0 Å². The Morgan fingerprint density at radius 3 is 3.06 bits per heavy atom. The number of hydrogen-bond acceptors (Lipinski definition) is 4. The molecule has 3 N–H and O–H groups in total. The van der Waals surface area contributed by atoms with Crippen LogP contribution in [-0.2, 0) is 9.53 Å². The lowest BCUT2D eigenvalue weighted by molar-refractivity contribution is -0.136. The maximum atomic E-state index is 11.7. The summed E-state index contributed by atoms with van der Waals surface area (Å²) in [5.41, 5.74) is 5.26. The normalized spacial score (nSPS) is 36.7. The predicted molar refractivity (Wildman–Crippen MR) is 58.8 cm³/mol. The highest BCUT2D eigenvalue weighted by atomic mass is 16.5. The molecule has 0 aliphatic carbocycles. The monoisotopic (exact) mass is 228 g/mol. The Labute approximate surface area is 95.5 Å². The molecule has 2 aliphatic rings. The van der Waals surface area contributed by atoms with Crippen molar-refractivity contribution in [2.45, 2.75) is 43.9 Å². The third-order valence-electron chi connectivity index (χ3n) is 3.48. The Morgan fingerprint density at radius 1 is 1.69 bits per heavy atom. The second kappa shape index (κ2) is 4.31. The van der Waals surface area contributed by atoms with Crippen LogP contribution in [0.3, 0.4) is 0 Å². The van der Waals surface area contributed by atoms with Gasteiger partial charge in [0, 0.05) is 26.1 Å². The number of likely N-dealkylation sites (tertiary alicyclic amines) is 1. The summed E-state index contributed by atoms with van der Waals surface area (Å²) >= 11 is 0. The molecule has 0 aromatic heterocycles. The second-order valence-electron chi connectivity index (χ2n) is 4.98. The number of aliphatic hydroxyl groups is 1. The number of aliphatic hydroxyl groups excluding tert-OH is 1. The molecule has 0 aromatic rings. The molecule has 2 fully saturated rings. The van der Waals surface area contributed by atoms with E-state index in [2.05, 4.69) is 0 Å². The van der Waals surface area contributed by atoms with Gasteiger partial charge in [-0.25, -0.2) is 0 Å². The van der Waals surface area contributed by atoms with Crippen molar-refractivity contribution in [3.8, 4) is 0 Å². The third-order valence-corrected chi connectivity index (χ3v) is 3.48. The van der Waals surface area contributed by atoms with Gasteiger partial charge in [0.1, 0.15) is 0 Å². The maximum absolute atomic E-state index is 11.7. The number of ether oxygens (including phenoxy) is 1. The van der Waals surface area contributed by atoms with Gasteiger partial charge < -0.3 is 20.5 Å². The smallest absolute Gasteiger partial charge is 0.239 e. The molecule has 2 saturated heterocycles. The first-order valence-corrected chi connectivity index (χ1v) is 5.89. The van der Waals surface area contributed by atoms with Crippen molar-refractivity contribution < 1.29 is 14.6 Å². The molecule has 5 nitrogen and oxygen atoms in total. The molecular formula is C11H20N2O3. The summed E-state index contributed by atoms with van der Waals surface area (Å²) in [4.78, 5) is 13.5. The van der Waals surface area contributed by atoms with Gasteiger partial charge in [0.2, 0.25) is 5.91 Å². The number of nitrogens with two attached hydrogens (primary N) is 1. The van der Waals surface area contributed by atoms with Crippen LogP contribution in [0.1, 0.15) is 26.2 Å². The van der Waals surface area contributed by atoms with Crippen LogP contribution < -0.4 is 5.73 Å². The minimum atomic E-state index is -0.455. The minimum absolute atomic E-state index is 0.0273. The molecule has 2 heterocycles. The quantitative estimate of drug-likeness (QED) is 0.633. The second-order valence-corrected chi connectivity index (χ2v) is 4.98. The standard InChI is InChI=1S/C11H20N2O3/c1-8(12)10(15)13-4-3-11(7-13)6-9(14)2-5-16-11/h8-9,14H,2-7,12H2,1H3/t8-,9-,11+/m0/s1. The molecule has 1 spiro atoms. The van der Waals surface area contributed by atoms with Crippen molar-refractivity contribution >= 4 is 5.91 Å². The average Bonchev–Trinajstić information content (AvgIpc) is 2.60. The molecular weight excluding hydrogens is 208 g/mol. The fourth-order valence-corrected chi connectivity index (χ4v) is 2.61. The largest absolute Gasteiger partial charge is 0.393 e. The average molecular weight is 228 g/mol. The summed E-state index contributed by atoms with van der Waals surface area (Å²) in [6, 6.07) is -0.455. The van der Waals surface area contributed by atoms with Crippen LogP contribution >= 0.6 is 0 Å². The van der Waals surface area contributed by atoms with Gasteiger partial charge in [-0.1, -0.05) is 0 Å². The van der Waals surface area contributed by atoms with Gasteiger partial charge in [-0.3, -0.25) is 4.79 Å². The van der Waals surface area contributed by atoms with Crippen molar-refractivity contribution in [2.75, 3.05) is 19.7 Å². The highest BCUT2D eigenvalue weighted by molar-refractivity contribution is 5.81. The molecule has 0 radical (unpaired) electrons. The zero-order chi connectivity index (χ0) is 11.8. The van der Waals surface area contributed by atoms with E-state index in [-0.39, 0.29) is 17.6 Å². The molecule has 0 unspecified atom stereocenters. The van der Waals surface area contributed by atoms with Crippen molar-refractivity contribution in [1.82, 2.24) is 4.90 Å². The van der Waals surface area contributed by atoms with Gasteiger partial charge in [0.05, 0.1) is 17.7 Å². The molecule has 92 valence electrons. The number of hydrogen-bond donors (Lipinski definition) is 2. The van der Waals surface area contributed by atoms with E-state index in [4.69, 9.17) is 10.5 Å². The SMILES string of the molecule is C[C@H](N)C(=O)N1CC[C@@]2(C[C@@H](O)CCO2)C1. The number of amides is 1. The van der Waals surface area contributed by atoms with Crippen molar-refractivity contribution in [2.24, 2.45) is 5.73 Å². The highest BCUT2D eigenvalue weighted by Crippen LogP contribution is 2.34. The summed E-state index contributed by atoms with van der Waals surface area (Å²) in [7, 11) is 0. The lowest BCUT2D eigenvalue weighted by atomic mass is 9.91. The Kier molecular flexibility index (Phi) is 3.19. The first-order valence-electron chi connectivity index (χ1n) is 5.89. The van der Waals surface area contributed by atoms with E-state index in [9.17, 15) is 9.90 Å². The van der Waals surface area contributed by atoms with Crippen LogP contribution in [0, 0.1) is 0 Å². The molecule has 2 aliphatic heterocycles. The summed E-state index contributed by atoms with van der Waals surface area (Å²) < 4.78 is 5.76. The predicted octanol–water partition coefficient (Wildman–Crippen LogP) is -0.524. The fraction of sp³-hybridized carbons (Fsp3) is 0.909.